The molecule has 0 saturated carbocycles. The number of pyridine rings is 1. The first-order valence-electron chi connectivity index (χ1n) is 9.77. The first-order chi connectivity index (χ1) is 15.0. The molecule has 3 heterocycles. The van der Waals surface area contributed by atoms with Crippen LogP contribution in [0.3, 0.4) is 0 Å². The molecule has 2 aromatic heterocycles. The van der Waals surface area contributed by atoms with Crippen LogP contribution in [0.25, 0.3) is 11.3 Å². The topological polar surface area (TPSA) is 88.3 Å². The minimum Gasteiger partial charge on any atom is -0.492 e. The molecule has 9 heteroatoms. The second kappa shape index (κ2) is 8.73. The zero-order valence-corrected chi connectivity index (χ0v) is 17.1. The number of ether oxygens (including phenoxy) is 2. The number of hydrogen-bond donors (Lipinski definition) is 3. The fraction of sp³-hybridized carbons (Fsp3) is 0.273. The molecular formula is C22H22F2N4O3. The van der Waals surface area contributed by atoms with Crippen LogP contribution in [0.4, 0.5) is 20.2 Å². The standard InChI is InChI=1S/C22H22F2N4O3/c1-30-9-7-12-10-26-22(29)17-18(12)28-19(13-6-8-25-11-15(13)24)20(17)27-16-5-3-4-14(23)21(16)31-2/h3-6,8,11-12,27-28H,7,9-10H2,1-2H3,(H,26,29)/t12-/m1/s1. The van der Waals surface area contributed by atoms with Crippen LogP contribution in [-0.2, 0) is 4.74 Å². The summed E-state index contributed by atoms with van der Waals surface area (Å²) in [7, 11) is 2.96. The third kappa shape index (κ3) is 3.84. The van der Waals surface area contributed by atoms with Crippen molar-refractivity contribution in [2.75, 3.05) is 32.7 Å². The van der Waals surface area contributed by atoms with Gasteiger partial charge in [0.25, 0.3) is 5.91 Å². The number of para-hydroxylation sites is 1. The Balaban J connectivity index is 1.90. The predicted octanol–water partition coefficient (Wildman–Crippen LogP) is 3.97. The third-order valence-corrected chi connectivity index (χ3v) is 5.32. The molecule has 162 valence electrons. The lowest BCUT2D eigenvalue weighted by molar-refractivity contribution is 0.0935. The Bertz CT molecular complexity index is 1120. The predicted molar refractivity (Wildman–Crippen MR) is 112 cm³/mol. The van der Waals surface area contributed by atoms with E-state index >= 15 is 0 Å². The molecule has 0 bridgehead atoms. The van der Waals surface area contributed by atoms with Gasteiger partial charge in [0.2, 0.25) is 0 Å². The third-order valence-electron chi connectivity index (χ3n) is 5.32. The zero-order valence-electron chi connectivity index (χ0n) is 17.1. The lowest BCUT2D eigenvalue weighted by Gasteiger charge is -2.23. The Morgan fingerprint density at radius 2 is 2.06 bits per heavy atom. The van der Waals surface area contributed by atoms with Crippen molar-refractivity contribution >= 4 is 17.3 Å². The fourth-order valence-corrected chi connectivity index (χ4v) is 3.83. The Morgan fingerprint density at radius 1 is 1.23 bits per heavy atom. The summed E-state index contributed by atoms with van der Waals surface area (Å²) in [6, 6.07) is 5.93. The summed E-state index contributed by atoms with van der Waals surface area (Å²) in [6.07, 6.45) is 3.22. The summed E-state index contributed by atoms with van der Waals surface area (Å²) in [6.45, 7) is 0.926. The Labute approximate surface area is 177 Å². The number of H-pyrrole nitrogens is 1. The van der Waals surface area contributed by atoms with Gasteiger partial charge < -0.3 is 25.1 Å². The maximum atomic E-state index is 14.6. The van der Waals surface area contributed by atoms with Crippen LogP contribution in [0.15, 0.2) is 36.7 Å². The number of carbonyl (C=O) groups excluding carboxylic acids is 1. The SMILES string of the molecule is COCC[C@@H]1CNC(=O)c2c1[nH]c(-c1ccncc1F)c2Nc1cccc(F)c1OC. The second-order valence-corrected chi connectivity index (χ2v) is 7.15. The molecule has 4 rings (SSSR count). The highest BCUT2D eigenvalue weighted by Crippen LogP contribution is 2.42. The van der Waals surface area contributed by atoms with Gasteiger partial charge in [0, 0.05) is 43.6 Å². The number of anilines is 2. The average molecular weight is 428 g/mol. The molecule has 0 radical (unpaired) electrons. The molecule has 1 aliphatic heterocycles. The molecule has 1 aliphatic rings. The van der Waals surface area contributed by atoms with Crippen LogP contribution in [0, 0.1) is 11.6 Å². The molecule has 3 N–H and O–H groups in total. The van der Waals surface area contributed by atoms with Crippen molar-refractivity contribution in [3.8, 4) is 17.0 Å². The van der Waals surface area contributed by atoms with Crippen LogP contribution in [0.1, 0.15) is 28.4 Å². The molecule has 7 nitrogen and oxygen atoms in total. The molecule has 0 spiro atoms. The molecule has 1 aromatic carbocycles. The van der Waals surface area contributed by atoms with Gasteiger partial charge in [-0.05, 0) is 24.6 Å². The van der Waals surface area contributed by atoms with Crippen molar-refractivity contribution in [3.05, 3.63) is 59.6 Å². The van der Waals surface area contributed by atoms with Gasteiger partial charge in [0.05, 0.1) is 35.9 Å². The van der Waals surface area contributed by atoms with Crippen LogP contribution in [0.5, 0.6) is 5.75 Å². The fourth-order valence-electron chi connectivity index (χ4n) is 3.83. The lowest BCUT2D eigenvalue weighted by Crippen LogP contribution is -2.35. The van der Waals surface area contributed by atoms with Gasteiger partial charge in [-0.3, -0.25) is 9.78 Å². The number of benzene rings is 1. The number of aromatic amines is 1. The smallest absolute Gasteiger partial charge is 0.255 e. The van der Waals surface area contributed by atoms with E-state index in [1.807, 2.05) is 0 Å². The Hall–Kier alpha value is -3.46. The van der Waals surface area contributed by atoms with Gasteiger partial charge in [0.1, 0.15) is 0 Å². The van der Waals surface area contributed by atoms with Gasteiger partial charge in [-0.15, -0.1) is 0 Å². The number of nitrogens with zero attached hydrogens (tertiary/aromatic N) is 1. The highest BCUT2D eigenvalue weighted by atomic mass is 19.1. The summed E-state index contributed by atoms with van der Waals surface area (Å²) in [5.74, 6) is -1.48. The average Bonchev–Trinajstić information content (AvgIpc) is 3.14. The molecule has 0 saturated heterocycles. The van der Waals surface area contributed by atoms with Crippen molar-refractivity contribution in [2.45, 2.75) is 12.3 Å². The van der Waals surface area contributed by atoms with E-state index in [2.05, 4.69) is 20.6 Å². The van der Waals surface area contributed by atoms with Gasteiger partial charge >= 0.3 is 0 Å². The summed E-state index contributed by atoms with van der Waals surface area (Å²) < 4.78 is 39.3. The van der Waals surface area contributed by atoms with Gasteiger partial charge in [-0.1, -0.05) is 6.07 Å². The first kappa shape index (κ1) is 20.8. The molecule has 1 atom stereocenters. The molecule has 0 aliphatic carbocycles. The van der Waals surface area contributed by atoms with E-state index in [-0.39, 0.29) is 23.1 Å². The number of rotatable bonds is 7. The van der Waals surface area contributed by atoms with E-state index < -0.39 is 11.6 Å². The van der Waals surface area contributed by atoms with Crippen molar-refractivity contribution in [3.63, 3.8) is 0 Å². The lowest BCUT2D eigenvalue weighted by atomic mass is 9.93. The number of halogens is 2. The van der Waals surface area contributed by atoms with Crippen LogP contribution >= 0.6 is 0 Å². The second-order valence-electron chi connectivity index (χ2n) is 7.15. The van der Waals surface area contributed by atoms with Gasteiger partial charge in [-0.2, -0.15) is 0 Å². The number of fused-ring (bicyclic) bond motifs is 1. The van der Waals surface area contributed by atoms with Gasteiger partial charge in [0.15, 0.2) is 17.4 Å². The Morgan fingerprint density at radius 3 is 2.81 bits per heavy atom. The van der Waals surface area contributed by atoms with E-state index in [9.17, 15) is 13.6 Å². The molecule has 0 fully saturated rings. The highest BCUT2D eigenvalue weighted by Gasteiger charge is 2.33. The van der Waals surface area contributed by atoms with E-state index in [1.165, 1.54) is 31.5 Å². The number of aromatic nitrogens is 2. The Kier molecular flexibility index (Phi) is 5.85. The van der Waals surface area contributed by atoms with E-state index in [1.54, 1.807) is 13.2 Å². The number of amides is 1. The van der Waals surface area contributed by atoms with E-state index in [0.29, 0.717) is 47.9 Å². The molecule has 3 aromatic rings. The maximum Gasteiger partial charge on any atom is 0.255 e. The number of hydrogen-bond acceptors (Lipinski definition) is 5. The van der Waals surface area contributed by atoms with Crippen LogP contribution in [-0.4, -0.2) is 43.2 Å². The van der Waals surface area contributed by atoms with Crippen molar-refractivity contribution in [1.29, 1.82) is 0 Å². The zero-order chi connectivity index (χ0) is 22.0. The van der Waals surface area contributed by atoms with Crippen molar-refractivity contribution in [2.24, 2.45) is 0 Å². The van der Waals surface area contributed by atoms with Crippen LogP contribution < -0.4 is 15.4 Å². The normalized spacial score (nSPS) is 15.4. The quantitative estimate of drug-likeness (QED) is 0.530. The molecule has 0 unspecified atom stereocenters. The summed E-state index contributed by atoms with van der Waals surface area (Å²) >= 11 is 0. The van der Waals surface area contributed by atoms with Crippen molar-refractivity contribution in [1.82, 2.24) is 15.3 Å². The molecular weight excluding hydrogens is 406 g/mol. The summed E-state index contributed by atoms with van der Waals surface area (Å²) in [5, 5.41) is 5.98. The maximum absolute atomic E-state index is 14.6. The highest BCUT2D eigenvalue weighted by molar-refractivity contribution is 6.06. The minimum absolute atomic E-state index is 0.00856. The number of methoxy groups -OCH3 is 2. The summed E-state index contributed by atoms with van der Waals surface area (Å²) in [4.78, 5) is 19.9. The summed E-state index contributed by atoms with van der Waals surface area (Å²) in [5.41, 5.74) is 2.28. The monoisotopic (exact) mass is 428 g/mol. The van der Waals surface area contributed by atoms with E-state index in [4.69, 9.17) is 9.47 Å². The van der Waals surface area contributed by atoms with E-state index in [0.717, 1.165) is 6.20 Å². The largest absolute Gasteiger partial charge is 0.492 e. The number of nitrogens with one attached hydrogen (secondary N) is 3. The van der Waals surface area contributed by atoms with Gasteiger partial charge in [-0.25, -0.2) is 8.78 Å². The molecule has 1 amide bonds. The minimum atomic E-state index is -0.559. The van der Waals surface area contributed by atoms with Crippen LogP contribution in [0.2, 0.25) is 0 Å². The van der Waals surface area contributed by atoms with Crippen molar-refractivity contribution < 1.29 is 23.0 Å². The number of carbonyl (C=O) groups is 1. The molecule has 31 heavy (non-hydrogen) atoms. The first-order valence-corrected chi connectivity index (χ1v) is 9.77.